The summed E-state index contributed by atoms with van der Waals surface area (Å²) in [6.07, 6.45) is 6.19. The van der Waals surface area contributed by atoms with Crippen molar-refractivity contribution in [1.82, 2.24) is 4.98 Å². The van der Waals surface area contributed by atoms with Crippen molar-refractivity contribution in [2.24, 2.45) is 0 Å². The standard InChI is InChI=1S/C13H15ClN2O/c14-9-6-10(15)12-11(7-9)16-13(17-12)8-4-2-1-3-5-8/h6-8H,1-5,15H2. The number of nitrogen functional groups attached to an aromatic ring is 1. The maximum atomic E-state index is 5.96. The molecule has 3 rings (SSSR count). The molecule has 90 valence electrons. The molecule has 4 heteroatoms. The van der Waals surface area contributed by atoms with Gasteiger partial charge in [0.15, 0.2) is 11.5 Å². The molecule has 1 heterocycles. The lowest BCUT2D eigenvalue weighted by atomic mass is 9.89. The first-order valence-corrected chi connectivity index (χ1v) is 6.47. The highest BCUT2D eigenvalue weighted by Crippen LogP contribution is 2.35. The van der Waals surface area contributed by atoms with E-state index in [1.807, 2.05) is 6.07 Å². The second-order valence-corrected chi connectivity index (χ2v) is 5.17. The Balaban J connectivity index is 2.03. The molecule has 1 aromatic carbocycles. The molecule has 17 heavy (non-hydrogen) atoms. The number of hydrogen-bond donors (Lipinski definition) is 1. The smallest absolute Gasteiger partial charge is 0.198 e. The molecule has 0 amide bonds. The van der Waals surface area contributed by atoms with Crippen molar-refractivity contribution in [3.05, 3.63) is 23.0 Å². The number of rotatable bonds is 1. The highest BCUT2D eigenvalue weighted by molar-refractivity contribution is 6.31. The van der Waals surface area contributed by atoms with Gasteiger partial charge in [0.25, 0.3) is 0 Å². The first-order valence-electron chi connectivity index (χ1n) is 6.09. The zero-order valence-electron chi connectivity index (χ0n) is 9.58. The van der Waals surface area contributed by atoms with Crippen LogP contribution in [0.25, 0.3) is 11.1 Å². The van der Waals surface area contributed by atoms with Crippen LogP contribution in [0.2, 0.25) is 5.02 Å². The maximum Gasteiger partial charge on any atom is 0.198 e. The van der Waals surface area contributed by atoms with Gasteiger partial charge in [0.05, 0.1) is 5.69 Å². The van der Waals surface area contributed by atoms with Gasteiger partial charge in [0.1, 0.15) is 5.52 Å². The Labute approximate surface area is 105 Å². The van der Waals surface area contributed by atoms with E-state index in [4.69, 9.17) is 21.8 Å². The van der Waals surface area contributed by atoms with Crippen molar-refractivity contribution in [2.75, 3.05) is 5.73 Å². The number of nitrogens with zero attached hydrogens (tertiary/aromatic N) is 1. The highest BCUT2D eigenvalue weighted by atomic mass is 35.5. The number of halogens is 1. The molecule has 0 radical (unpaired) electrons. The van der Waals surface area contributed by atoms with E-state index < -0.39 is 0 Å². The van der Waals surface area contributed by atoms with Crippen molar-refractivity contribution in [3.63, 3.8) is 0 Å². The van der Waals surface area contributed by atoms with E-state index in [1.165, 1.54) is 32.1 Å². The second-order valence-electron chi connectivity index (χ2n) is 4.73. The Morgan fingerprint density at radius 2 is 2.00 bits per heavy atom. The topological polar surface area (TPSA) is 52.0 Å². The fourth-order valence-electron chi connectivity index (χ4n) is 2.56. The fourth-order valence-corrected chi connectivity index (χ4v) is 2.79. The zero-order valence-corrected chi connectivity index (χ0v) is 10.3. The number of aromatic nitrogens is 1. The van der Waals surface area contributed by atoms with E-state index >= 15 is 0 Å². The van der Waals surface area contributed by atoms with Crippen LogP contribution in [0.4, 0.5) is 5.69 Å². The van der Waals surface area contributed by atoms with Crippen LogP contribution in [0.15, 0.2) is 16.5 Å². The van der Waals surface area contributed by atoms with Crippen LogP contribution in [0.5, 0.6) is 0 Å². The molecule has 0 bridgehead atoms. The van der Waals surface area contributed by atoms with Gasteiger partial charge in [-0.3, -0.25) is 0 Å². The third-order valence-electron chi connectivity index (χ3n) is 3.45. The molecular formula is C13H15ClN2O. The lowest BCUT2D eigenvalue weighted by Crippen LogP contribution is -2.04. The van der Waals surface area contributed by atoms with E-state index in [-0.39, 0.29) is 0 Å². The van der Waals surface area contributed by atoms with Gasteiger partial charge >= 0.3 is 0 Å². The van der Waals surface area contributed by atoms with Gasteiger partial charge in [-0.05, 0) is 25.0 Å². The van der Waals surface area contributed by atoms with Gasteiger partial charge in [-0.25, -0.2) is 4.98 Å². The summed E-state index contributed by atoms with van der Waals surface area (Å²) < 4.78 is 5.80. The monoisotopic (exact) mass is 250 g/mol. The molecule has 1 aliphatic carbocycles. The van der Waals surface area contributed by atoms with Crippen molar-refractivity contribution in [2.45, 2.75) is 38.0 Å². The minimum Gasteiger partial charge on any atom is -0.438 e. The van der Waals surface area contributed by atoms with Crippen molar-refractivity contribution in [1.29, 1.82) is 0 Å². The van der Waals surface area contributed by atoms with Gasteiger partial charge in [0.2, 0.25) is 0 Å². The summed E-state index contributed by atoms with van der Waals surface area (Å²) >= 11 is 5.96. The summed E-state index contributed by atoms with van der Waals surface area (Å²) in [5, 5.41) is 0.610. The molecule has 1 saturated carbocycles. The van der Waals surface area contributed by atoms with Crippen molar-refractivity contribution in [3.8, 4) is 0 Å². The number of hydrogen-bond acceptors (Lipinski definition) is 3. The van der Waals surface area contributed by atoms with Crippen LogP contribution in [0, 0.1) is 0 Å². The number of anilines is 1. The fraction of sp³-hybridized carbons (Fsp3) is 0.462. The number of oxazole rings is 1. The summed E-state index contributed by atoms with van der Waals surface area (Å²) in [4.78, 5) is 4.53. The van der Waals surface area contributed by atoms with E-state index in [0.717, 1.165) is 11.4 Å². The van der Waals surface area contributed by atoms with Gasteiger partial charge < -0.3 is 10.2 Å². The number of fused-ring (bicyclic) bond motifs is 1. The van der Waals surface area contributed by atoms with Gasteiger partial charge in [-0.15, -0.1) is 0 Å². The molecule has 1 fully saturated rings. The van der Waals surface area contributed by atoms with E-state index in [0.29, 0.717) is 22.2 Å². The number of nitrogens with two attached hydrogens (primary N) is 1. The summed E-state index contributed by atoms with van der Waals surface area (Å²) in [5.41, 5.74) is 7.90. The van der Waals surface area contributed by atoms with Crippen LogP contribution >= 0.6 is 11.6 Å². The maximum absolute atomic E-state index is 5.96. The van der Waals surface area contributed by atoms with Crippen LogP contribution in [0.3, 0.4) is 0 Å². The quantitative estimate of drug-likeness (QED) is 0.775. The Morgan fingerprint density at radius 3 is 2.76 bits per heavy atom. The Hall–Kier alpha value is -1.22. The Kier molecular flexibility index (Phi) is 2.71. The van der Waals surface area contributed by atoms with Gasteiger partial charge in [-0.1, -0.05) is 30.9 Å². The third kappa shape index (κ3) is 2.00. The molecule has 0 saturated heterocycles. The SMILES string of the molecule is Nc1cc(Cl)cc2nc(C3CCCCC3)oc12. The first kappa shape index (κ1) is 10.9. The largest absolute Gasteiger partial charge is 0.438 e. The summed E-state index contributed by atoms with van der Waals surface area (Å²) in [5.74, 6) is 1.28. The minimum atomic E-state index is 0.453. The minimum absolute atomic E-state index is 0.453. The normalized spacial score (nSPS) is 17.7. The van der Waals surface area contributed by atoms with E-state index in [9.17, 15) is 0 Å². The van der Waals surface area contributed by atoms with Crippen LogP contribution < -0.4 is 5.73 Å². The van der Waals surface area contributed by atoms with Gasteiger partial charge in [0, 0.05) is 10.9 Å². The predicted molar refractivity (Wildman–Crippen MR) is 69.3 cm³/mol. The van der Waals surface area contributed by atoms with Gasteiger partial charge in [-0.2, -0.15) is 0 Å². The predicted octanol–water partition coefficient (Wildman–Crippen LogP) is 4.11. The van der Waals surface area contributed by atoms with Crippen molar-refractivity contribution >= 4 is 28.4 Å². The molecule has 2 aromatic rings. The second kappa shape index (κ2) is 4.22. The van der Waals surface area contributed by atoms with Crippen LogP contribution in [-0.4, -0.2) is 4.98 Å². The average Bonchev–Trinajstić information content (AvgIpc) is 2.74. The third-order valence-corrected chi connectivity index (χ3v) is 3.67. The van der Waals surface area contributed by atoms with E-state index in [2.05, 4.69) is 4.98 Å². The highest BCUT2D eigenvalue weighted by Gasteiger charge is 2.21. The van der Waals surface area contributed by atoms with Crippen LogP contribution in [-0.2, 0) is 0 Å². The molecular weight excluding hydrogens is 236 g/mol. The Morgan fingerprint density at radius 1 is 1.24 bits per heavy atom. The zero-order chi connectivity index (χ0) is 11.8. The summed E-state index contributed by atoms with van der Waals surface area (Å²) in [7, 11) is 0. The molecule has 3 nitrogen and oxygen atoms in total. The summed E-state index contributed by atoms with van der Waals surface area (Å²) in [6.45, 7) is 0. The van der Waals surface area contributed by atoms with Crippen LogP contribution in [0.1, 0.15) is 43.9 Å². The van der Waals surface area contributed by atoms with Crippen molar-refractivity contribution < 1.29 is 4.42 Å². The molecule has 0 spiro atoms. The molecule has 1 aliphatic rings. The lowest BCUT2D eigenvalue weighted by Gasteiger charge is -2.17. The van der Waals surface area contributed by atoms with E-state index in [1.54, 1.807) is 6.07 Å². The Bertz CT molecular complexity index is 544. The summed E-state index contributed by atoms with van der Waals surface area (Å²) in [6, 6.07) is 3.52. The molecule has 0 aliphatic heterocycles. The molecule has 0 unspecified atom stereocenters. The first-order chi connectivity index (χ1) is 8.24. The average molecular weight is 251 g/mol. The number of benzene rings is 1. The lowest BCUT2D eigenvalue weighted by molar-refractivity contribution is 0.373. The molecule has 1 aromatic heterocycles. The molecule has 2 N–H and O–H groups in total. The molecule has 0 atom stereocenters.